The molecule has 3 rings (SSSR count). The van der Waals surface area contributed by atoms with E-state index in [1.165, 1.54) is 12.8 Å². The smallest absolute Gasteiger partial charge is 0.257 e. The lowest BCUT2D eigenvalue weighted by molar-refractivity contribution is -0.123. The predicted molar refractivity (Wildman–Crippen MR) is 87.6 cm³/mol. The van der Waals surface area contributed by atoms with Crippen molar-refractivity contribution in [3.63, 3.8) is 0 Å². The molecule has 1 fully saturated rings. The van der Waals surface area contributed by atoms with Gasteiger partial charge < -0.3 is 15.3 Å². The van der Waals surface area contributed by atoms with Crippen LogP contribution in [0.3, 0.4) is 0 Å². The van der Waals surface area contributed by atoms with E-state index >= 15 is 0 Å². The molecule has 1 amide bonds. The van der Waals surface area contributed by atoms with Gasteiger partial charge in [0.25, 0.3) is 5.91 Å². The highest BCUT2D eigenvalue weighted by Gasteiger charge is 2.31. The third-order valence-corrected chi connectivity index (χ3v) is 5.24. The summed E-state index contributed by atoms with van der Waals surface area (Å²) in [5.74, 6) is -0.342. The molecule has 1 unspecified atom stereocenters. The van der Waals surface area contributed by atoms with Gasteiger partial charge in [0.2, 0.25) is 0 Å². The molecular formula is C16H21BrN2O2. The van der Waals surface area contributed by atoms with E-state index in [1.807, 2.05) is 12.1 Å². The van der Waals surface area contributed by atoms with Crippen molar-refractivity contribution in [2.24, 2.45) is 5.41 Å². The van der Waals surface area contributed by atoms with Crippen LogP contribution in [0, 0.1) is 5.41 Å². The van der Waals surface area contributed by atoms with Gasteiger partial charge in [-0.1, -0.05) is 13.8 Å². The maximum atomic E-state index is 11.6. The number of halogens is 1. The number of benzene rings is 1. The molecule has 2 aliphatic heterocycles. The fourth-order valence-electron chi connectivity index (χ4n) is 3.16. The molecule has 1 atom stereocenters. The van der Waals surface area contributed by atoms with Gasteiger partial charge >= 0.3 is 0 Å². The van der Waals surface area contributed by atoms with Gasteiger partial charge in [-0.15, -0.1) is 0 Å². The van der Waals surface area contributed by atoms with Gasteiger partial charge in [0.05, 0.1) is 5.69 Å². The standard InChI is InChI=1S/C16H21BrN2O2/c1-16(2)4-3-6-19(7-5-16)13-9-12-10(8-11(13)17)14(20)15(21)18-12/h8-9,14,20H,3-7H2,1-2H3,(H,18,21). The second-order valence-electron chi connectivity index (χ2n) is 6.79. The number of fused-ring (bicyclic) bond motifs is 1. The third kappa shape index (κ3) is 2.81. The van der Waals surface area contributed by atoms with E-state index in [-0.39, 0.29) is 5.91 Å². The normalized spacial score (nSPS) is 24.5. The van der Waals surface area contributed by atoms with Crippen molar-refractivity contribution in [1.29, 1.82) is 0 Å². The molecule has 2 heterocycles. The Morgan fingerprint density at radius 2 is 2.10 bits per heavy atom. The first-order valence-corrected chi connectivity index (χ1v) is 8.24. The molecule has 4 nitrogen and oxygen atoms in total. The number of aliphatic hydroxyl groups is 1. The van der Waals surface area contributed by atoms with Gasteiger partial charge in [-0.3, -0.25) is 4.79 Å². The Balaban J connectivity index is 1.90. The Labute approximate surface area is 133 Å². The molecule has 21 heavy (non-hydrogen) atoms. The lowest BCUT2D eigenvalue weighted by Gasteiger charge is -2.26. The minimum atomic E-state index is -1.05. The number of carbonyl (C=O) groups is 1. The highest BCUT2D eigenvalue weighted by molar-refractivity contribution is 9.10. The number of nitrogens with zero attached hydrogens (tertiary/aromatic N) is 1. The Morgan fingerprint density at radius 1 is 1.33 bits per heavy atom. The first-order chi connectivity index (χ1) is 9.87. The second kappa shape index (κ2) is 5.29. The average Bonchev–Trinajstić information content (AvgIpc) is 2.59. The van der Waals surface area contributed by atoms with E-state index in [1.54, 1.807) is 0 Å². The first kappa shape index (κ1) is 14.9. The van der Waals surface area contributed by atoms with E-state index in [0.717, 1.165) is 35.4 Å². The van der Waals surface area contributed by atoms with Crippen LogP contribution in [-0.4, -0.2) is 24.1 Å². The minimum absolute atomic E-state index is 0.342. The van der Waals surface area contributed by atoms with Crippen LogP contribution < -0.4 is 10.2 Å². The van der Waals surface area contributed by atoms with Crippen molar-refractivity contribution in [3.05, 3.63) is 22.2 Å². The monoisotopic (exact) mass is 352 g/mol. The van der Waals surface area contributed by atoms with Crippen LogP contribution in [0.5, 0.6) is 0 Å². The van der Waals surface area contributed by atoms with Crippen molar-refractivity contribution in [2.75, 3.05) is 23.3 Å². The summed E-state index contributed by atoms with van der Waals surface area (Å²) in [6.45, 7) is 6.69. The number of anilines is 2. The molecule has 0 bridgehead atoms. The zero-order valence-corrected chi connectivity index (χ0v) is 14.0. The number of nitrogens with one attached hydrogen (secondary N) is 1. The van der Waals surface area contributed by atoms with Gasteiger partial charge in [-0.2, -0.15) is 0 Å². The van der Waals surface area contributed by atoms with Gasteiger partial charge in [0, 0.05) is 28.8 Å². The maximum Gasteiger partial charge on any atom is 0.257 e. The molecule has 1 aromatic rings. The van der Waals surface area contributed by atoms with Gasteiger partial charge in [0.15, 0.2) is 6.10 Å². The van der Waals surface area contributed by atoms with E-state index in [0.29, 0.717) is 11.0 Å². The van der Waals surface area contributed by atoms with Crippen LogP contribution in [0.4, 0.5) is 11.4 Å². The fourth-order valence-corrected chi connectivity index (χ4v) is 3.77. The van der Waals surface area contributed by atoms with Crippen LogP contribution in [0.15, 0.2) is 16.6 Å². The zero-order chi connectivity index (χ0) is 15.2. The Kier molecular flexibility index (Phi) is 3.74. The zero-order valence-electron chi connectivity index (χ0n) is 12.4. The lowest BCUT2D eigenvalue weighted by Crippen LogP contribution is -2.25. The molecule has 5 heteroatoms. The van der Waals surface area contributed by atoms with Gasteiger partial charge in [-0.25, -0.2) is 0 Å². The predicted octanol–water partition coefficient (Wildman–Crippen LogP) is 3.45. The van der Waals surface area contributed by atoms with Crippen LogP contribution in [-0.2, 0) is 4.79 Å². The highest BCUT2D eigenvalue weighted by atomic mass is 79.9. The summed E-state index contributed by atoms with van der Waals surface area (Å²) in [5.41, 5.74) is 2.88. The van der Waals surface area contributed by atoms with E-state index in [2.05, 4.69) is 40.0 Å². The molecule has 0 radical (unpaired) electrons. The number of amides is 1. The quantitative estimate of drug-likeness (QED) is 0.813. The number of hydrogen-bond donors (Lipinski definition) is 2. The summed E-state index contributed by atoms with van der Waals surface area (Å²) in [7, 11) is 0. The molecular weight excluding hydrogens is 332 g/mol. The minimum Gasteiger partial charge on any atom is -0.378 e. The van der Waals surface area contributed by atoms with Crippen LogP contribution >= 0.6 is 15.9 Å². The lowest BCUT2D eigenvalue weighted by atomic mass is 9.85. The molecule has 0 saturated carbocycles. The molecule has 2 N–H and O–H groups in total. The summed E-state index contributed by atoms with van der Waals surface area (Å²) >= 11 is 3.60. The molecule has 114 valence electrons. The molecule has 1 aromatic carbocycles. The second-order valence-corrected chi connectivity index (χ2v) is 7.64. The van der Waals surface area contributed by atoms with E-state index in [4.69, 9.17) is 0 Å². The van der Waals surface area contributed by atoms with E-state index < -0.39 is 6.10 Å². The number of carbonyl (C=O) groups excluding carboxylic acids is 1. The maximum absolute atomic E-state index is 11.6. The average molecular weight is 353 g/mol. The Morgan fingerprint density at radius 3 is 2.86 bits per heavy atom. The summed E-state index contributed by atoms with van der Waals surface area (Å²) in [4.78, 5) is 14.0. The highest BCUT2D eigenvalue weighted by Crippen LogP contribution is 2.40. The number of hydrogen-bond acceptors (Lipinski definition) is 3. The van der Waals surface area contributed by atoms with Gasteiger partial charge in [0.1, 0.15) is 0 Å². The molecule has 2 aliphatic rings. The van der Waals surface area contributed by atoms with E-state index in [9.17, 15) is 9.90 Å². The van der Waals surface area contributed by atoms with Crippen molar-refractivity contribution in [3.8, 4) is 0 Å². The molecule has 0 spiro atoms. The van der Waals surface area contributed by atoms with Crippen LogP contribution in [0.2, 0.25) is 0 Å². The summed E-state index contributed by atoms with van der Waals surface area (Å²) in [5, 5.41) is 12.6. The largest absolute Gasteiger partial charge is 0.378 e. The summed E-state index contributed by atoms with van der Waals surface area (Å²) in [6.07, 6.45) is 2.52. The van der Waals surface area contributed by atoms with Crippen LogP contribution in [0.1, 0.15) is 44.8 Å². The Hall–Kier alpha value is -1.07. The number of rotatable bonds is 1. The van der Waals surface area contributed by atoms with Crippen molar-refractivity contribution >= 4 is 33.2 Å². The SMILES string of the molecule is CC1(C)CCCN(c2cc3c(cc2Br)C(O)C(=O)N3)CC1. The topological polar surface area (TPSA) is 52.6 Å². The fraction of sp³-hybridized carbons (Fsp3) is 0.562. The first-order valence-electron chi connectivity index (χ1n) is 7.45. The molecule has 0 aliphatic carbocycles. The van der Waals surface area contributed by atoms with Crippen LogP contribution in [0.25, 0.3) is 0 Å². The van der Waals surface area contributed by atoms with Crippen molar-refractivity contribution in [1.82, 2.24) is 0 Å². The summed E-state index contributed by atoms with van der Waals surface area (Å²) < 4.78 is 0.941. The molecule has 0 aromatic heterocycles. The van der Waals surface area contributed by atoms with Gasteiger partial charge in [-0.05, 0) is 52.7 Å². The van der Waals surface area contributed by atoms with Crippen molar-refractivity contribution in [2.45, 2.75) is 39.2 Å². The van der Waals surface area contributed by atoms with Crippen molar-refractivity contribution < 1.29 is 9.90 Å². The third-order valence-electron chi connectivity index (χ3n) is 4.60. The number of aliphatic hydroxyl groups excluding tert-OH is 1. The Bertz CT molecular complexity index is 586. The summed E-state index contributed by atoms with van der Waals surface area (Å²) in [6, 6.07) is 3.84. The molecule has 1 saturated heterocycles.